The first kappa shape index (κ1) is 16.8. The van der Waals surface area contributed by atoms with Crippen LogP contribution in [0.1, 0.15) is 6.42 Å². The predicted octanol–water partition coefficient (Wildman–Crippen LogP) is -1.57. The third-order valence-electron chi connectivity index (χ3n) is 2.04. The topological polar surface area (TPSA) is 130 Å². The van der Waals surface area contributed by atoms with Gasteiger partial charge in [0.15, 0.2) is 9.84 Å². The van der Waals surface area contributed by atoms with Crippen molar-refractivity contribution in [3.8, 4) is 0 Å². The van der Waals surface area contributed by atoms with Gasteiger partial charge >= 0.3 is 10.4 Å². The van der Waals surface area contributed by atoms with E-state index in [1.54, 1.807) is 0 Å². The van der Waals surface area contributed by atoms with E-state index < -0.39 is 36.5 Å². The Morgan fingerprint density at radius 2 is 1.63 bits per heavy atom. The van der Waals surface area contributed by atoms with Gasteiger partial charge in [-0.1, -0.05) is 0 Å². The van der Waals surface area contributed by atoms with Crippen LogP contribution in [0.4, 0.5) is 0 Å². The Kier molecular flexibility index (Phi) is 5.31. The van der Waals surface area contributed by atoms with Gasteiger partial charge in [0, 0.05) is 0 Å². The Morgan fingerprint density at radius 1 is 1.11 bits per heavy atom. The summed E-state index contributed by atoms with van der Waals surface area (Å²) in [6, 6.07) is 0. The average molecular weight is 338 g/mol. The standard InChI is InChI=1S/C5H10O5S2.C2H4O4S/c1-11(6,7)10-5-2-3-12(8,9)4-5;3-7(4)5-1-2-6-7/h5H,2-4H2,1H3;1-2H2. The van der Waals surface area contributed by atoms with Crippen molar-refractivity contribution in [2.75, 3.05) is 31.0 Å². The summed E-state index contributed by atoms with van der Waals surface area (Å²) in [7, 11) is -10.1. The molecule has 0 N–H and O–H groups in total. The van der Waals surface area contributed by atoms with Crippen molar-refractivity contribution in [3.05, 3.63) is 0 Å². The summed E-state index contributed by atoms with van der Waals surface area (Å²) in [4.78, 5) is 0. The maximum atomic E-state index is 10.9. The highest BCUT2D eigenvalue weighted by molar-refractivity contribution is 7.91. The molecule has 2 saturated heterocycles. The zero-order valence-electron chi connectivity index (χ0n) is 10.0. The molecule has 0 aromatic carbocycles. The molecule has 2 aliphatic rings. The molecule has 2 aliphatic heterocycles. The van der Waals surface area contributed by atoms with Crippen LogP contribution in [0.3, 0.4) is 0 Å². The van der Waals surface area contributed by atoms with E-state index in [2.05, 4.69) is 12.5 Å². The third-order valence-corrected chi connectivity index (χ3v) is 5.31. The molecule has 2 fully saturated rings. The monoisotopic (exact) mass is 338 g/mol. The second-order valence-corrected chi connectivity index (χ2v) is 8.99. The van der Waals surface area contributed by atoms with E-state index >= 15 is 0 Å². The van der Waals surface area contributed by atoms with E-state index in [1.165, 1.54) is 0 Å². The Bertz CT molecular complexity index is 588. The van der Waals surface area contributed by atoms with Crippen LogP contribution in [0, 0.1) is 0 Å². The summed E-state index contributed by atoms with van der Waals surface area (Å²) >= 11 is 0. The van der Waals surface area contributed by atoms with Crippen molar-refractivity contribution in [3.63, 3.8) is 0 Å². The molecular formula is C7H14O9S3. The van der Waals surface area contributed by atoms with Gasteiger partial charge in [0.05, 0.1) is 37.1 Å². The van der Waals surface area contributed by atoms with Crippen LogP contribution in [-0.2, 0) is 42.9 Å². The Balaban J connectivity index is 0.000000218. The van der Waals surface area contributed by atoms with Gasteiger partial charge < -0.3 is 0 Å². The smallest absolute Gasteiger partial charge is 0.266 e. The van der Waals surface area contributed by atoms with E-state index in [9.17, 15) is 25.3 Å². The quantitative estimate of drug-likeness (QED) is 0.548. The predicted molar refractivity (Wildman–Crippen MR) is 63.8 cm³/mol. The molecule has 19 heavy (non-hydrogen) atoms. The normalized spacial score (nSPS) is 28.6. The molecule has 0 aromatic rings. The fraction of sp³-hybridized carbons (Fsp3) is 1.00. The molecule has 114 valence electrons. The minimum absolute atomic E-state index is 0.0210. The Labute approximate surface area is 112 Å². The molecule has 0 aromatic heterocycles. The minimum Gasteiger partial charge on any atom is -0.266 e. The number of rotatable bonds is 2. The van der Waals surface area contributed by atoms with Crippen molar-refractivity contribution in [1.82, 2.24) is 0 Å². The van der Waals surface area contributed by atoms with Crippen LogP contribution in [0.15, 0.2) is 0 Å². The van der Waals surface area contributed by atoms with Gasteiger partial charge in [0.2, 0.25) is 0 Å². The van der Waals surface area contributed by atoms with Gasteiger partial charge in [0.1, 0.15) is 0 Å². The summed E-state index contributed by atoms with van der Waals surface area (Å²) in [5.41, 5.74) is 0. The Morgan fingerprint density at radius 3 is 1.89 bits per heavy atom. The molecule has 0 saturated carbocycles. The van der Waals surface area contributed by atoms with Crippen molar-refractivity contribution >= 4 is 30.4 Å². The average Bonchev–Trinajstić information content (AvgIpc) is 2.70. The van der Waals surface area contributed by atoms with Crippen LogP contribution in [0.25, 0.3) is 0 Å². The molecule has 2 heterocycles. The summed E-state index contributed by atoms with van der Waals surface area (Å²) in [5, 5.41) is 0. The van der Waals surface area contributed by atoms with Gasteiger partial charge in [-0.05, 0) is 6.42 Å². The lowest BCUT2D eigenvalue weighted by Crippen LogP contribution is -2.18. The zero-order chi connectivity index (χ0) is 14.7. The lowest BCUT2D eigenvalue weighted by atomic mass is 10.3. The molecular weight excluding hydrogens is 324 g/mol. The van der Waals surface area contributed by atoms with Gasteiger partial charge in [-0.25, -0.2) is 16.8 Å². The van der Waals surface area contributed by atoms with Crippen LogP contribution in [-0.4, -0.2) is 62.3 Å². The van der Waals surface area contributed by atoms with E-state index in [1.807, 2.05) is 0 Å². The van der Waals surface area contributed by atoms with Crippen molar-refractivity contribution in [2.45, 2.75) is 12.5 Å². The fourth-order valence-electron chi connectivity index (χ4n) is 1.39. The van der Waals surface area contributed by atoms with Crippen molar-refractivity contribution in [2.24, 2.45) is 0 Å². The molecule has 0 radical (unpaired) electrons. The number of sulfone groups is 1. The van der Waals surface area contributed by atoms with E-state index in [0.29, 0.717) is 0 Å². The van der Waals surface area contributed by atoms with Crippen molar-refractivity contribution < 1.29 is 37.8 Å². The lowest BCUT2D eigenvalue weighted by Gasteiger charge is -2.05. The first-order valence-electron chi connectivity index (χ1n) is 5.12. The molecule has 0 spiro atoms. The largest absolute Gasteiger partial charge is 0.400 e. The van der Waals surface area contributed by atoms with E-state index in [4.69, 9.17) is 0 Å². The first-order valence-corrected chi connectivity index (χ1v) is 10.1. The highest BCUT2D eigenvalue weighted by atomic mass is 32.3. The molecule has 12 heteroatoms. The molecule has 1 atom stereocenters. The molecule has 0 bridgehead atoms. The number of hydrogen-bond donors (Lipinski definition) is 0. The van der Waals surface area contributed by atoms with Crippen LogP contribution < -0.4 is 0 Å². The molecule has 9 nitrogen and oxygen atoms in total. The molecule has 2 rings (SSSR count). The van der Waals surface area contributed by atoms with Crippen LogP contribution in [0.5, 0.6) is 0 Å². The molecule has 0 aliphatic carbocycles. The maximum absolute atomic E-state index is 10.9. The van der Waals surface area contributed by atoms with Crippen molar-refractivity contribution in [1.29, 1.82) is 0 Å². The first-order chi connectivity index (χ1) is 8.49. The summed E-state index contributed by atoms with van der Waals surface area (Å²) in [6.07, 6.45) is 0.512. The van der Waals surface area contributed by atoms with Gasteiger partial charge in [0.25, 0.3) is 10.1 Å². The van der Waals surface area contributed by atoms with Gasteiger partial charge in [-0.15, -0.1) is 0 Å². The lowest BCUT2D eigenvalue weighted by molar-refractivity contribution is 0.238. The highest BCUT2D eigenvalue weighted by Crippen LogP contribution is 2.16. The van der Waals surface area contributed by atoms with E-state index in [-0.39, 0.29) is 31.1 Å². The maximum Gasteiger partial charge on any atom is 0.400 e. The Hall–Kier alpha value is -0.270. The fourth-order valence-corrected chi connectivity index (χ4v) is 4.34. The summed E-state index contributed by atoms with van der Waals surface area (Å²) < 4.78 is 75.5. The van der Waals surface area contributed by atoms with Gasteiger partial charge in [-0.3, -0.25) is 4.18 Å². The SMILES string of the molecule is CS(=O)(=O)OC1CCS(=O)(=O)C1.O=S1(=O)OCCO1. The van der Waals surface area contributed by atoms with E-state index in [0.717, 1.165) is 6.26 Å². The van der Waals surface area contributed by atoms with Crippen LogP contribution in [0.2, 0.25) is 0 Å². The molecule has 1 unspecified atom stereocenters. The molecule has 0 amide bonds. The zero-order valence-corrected chi connectivity index (χ0v) is 12.5. The summed E-state index contributed by atoms with van der Waals surface area (Å²) in [6.45, 7) is 0.310. The minimum atomic E-state index is -3.55. The number of hydrogen-bond acceptors (Lipinski definition) is 9. The summed E-state index contributed by atoms with van der Waals surface area (Å²) in [5.74, 6) is -0.159. The second kappa shape index (κ2) is 6.01. The van der Waals surface area contributed by atoms with Gasteiger partial charge in [-0.2, -0.15) is 16.8 Å². The third kappa shape index (κ3) is 7.17. The highest BCUT2D eigenvalue weighted by Gasteiger charge is 2.30. The second-order valence-electron chi connectivity index (χ2n) is 3.88. The van der Waals surface area contributed by atoms with Crippen LogP contribution >= 0.6 is 0 Å².